The topological polar surface area (TPSA) is 41.5 Å². The molecule has 3 nitrogen and oxygen atoms in total. The molecule has 1 aliphatic carbocycles. The SMILES string of the molecule is CC(CNCC(O)COCc1ccccc1Cl)C1CC1. The monoisotopic (exact) mass is 297 g/mol. The Morgan fingerprint density at radius 1 is 1.35 bits per heavy atom. The number of hydrogen-bond acceptors (Lipinski definition) is 3. The van der Waals surface area contributed by atoms with Crippen molar-refractivity contribution in [1.82, 2.24) is 5.32 Å². The minimum absolute atomic E-state index is 0.329. The second kappa shape index (κ2) is 7.99. The van der Waals surface area contributed by atoms with Gasteiger partial charge in [-0.3, -0.25) is 0 Å². The highest BCUT2D eigenvalue weighted by atomic mass is 35.5. The minimum Gasteiger partial charge on any atom is -0.389 e. The smallest absolute Gasteiger partial charge is 0.0897 e. The molecule has 2 rings (SSSR count). The molecule has 2 unspecified atom stereocenters. The molecule has 1 fully saturated rings. The molecule has 112 valence electrons. The van der Waals surface area contributed by atoms with E-state index in [0.29, 0.717) is 30.7 Å². The summed E-state index contributed by atoms with van der Waals surface area (Å²) in [5, 5.41) is 13.9. The molecule has 0 radical (unpaired) electrons. The number of aliphatic hydroxyl groups excluding tert-OH is 1. The average molecular weight is 298 g/mol. The largest absolute Gasteiger partial charge is 0.389 e. The molecular weight excluding hydrogens is 274 g/mol. The zero-order valence-electron chi connectivity index (χ0n) is 12.0. The highest BCUT2D eigenvalue weighted by Crippen LogP contribution is 2.35. The molecule has 20 heavy (non-hydrogen) atoms. The predicted octanol–water partition coefficient (Wildman–Crippen LogP) is 2.85. The molecule has 4 heteroatoms. The molecular formula is C16H24ClNO2. The van der Waals surface area contributed by atoms with Gasteiger partial charge in [0.05, 0.1) is 19.3 Å². The Morgan fingerprint density at radius 2 is 2.10 bits per heavy atom. The molecule has 0 bridgehead atoms. The van der Waals surface area contributed by atoms with Crippen molar-refractivity contribution in [3.8, 4) is 0 Å². The van der Waals surface area contributed by atoms with Gasteiger partial charge in [-0.1, -0.05) is 36.7 Å². The first-order valence-electron chi connectivity index (χ1n) is 7.36. The number of benzene rings is 1. The summed E-state index contributed by atoms with van der Waals surface area (Å²) in [6.45, 7) is 4.60. The van der Waals surface area contributed by atoms with Gasteiger partial charge in [-0.2, -0.15) is 0 Å². The average Bonchev–Trinajstić information content (AvgIpc) is 3.25. The first-order chi connectivity index (χ1) is 9.66. The molecule has 0 saturated heterocycles. The van der Waals surface area contributed by atoms with E-state index in [1.54, 1.807) is 0 Å². The summed E-state index contributed by atoms with van der Waals surface area (Å²) in [5.74, 6) is 1.61. The third-order valence-electron chi connectivity index (χ3n) is 3.80. The van der Waals surface area contributed by atoms with E-state index in [-0.39, 0.29) is 0 Å². The van der Waals surface area contributed by atoms with Gasteiger partial charge in [0, 0.05) is 11.6 Å². The van der Waals surface area contributed by atoms with Crippen molar-refractivity contribution in [2.24, 2.45) is 11.8 Å². The van der Waals surface area contributed by atoms with E-state index in [9.17, 15) is 5.11 Å². The lowest BCUT2D eigenvalue weighted by Crippen LogP contribution is -2.33. The van der Waals surface area contributed by atoms with Gasteiger partial charge in [0.1, 0.15) is 0 Å². The number of rotatable bonds is 9. The lowest BCUT2D eigenvalue weighted by Gasteiger charge is -2.15. The Labute approximate surface area is 126 Å². The summed E-state index contributed by atoms with van der Waals surface area (Å²) in [6.07, 6.45) is 2.27. The molecule has 1 aliphatic rings. The molecule has 1 aromatic carbocycles. The van der Waals surface area contributed by atoms with Gasteiger partial charge in [-0.15, -0.1) is 0 Å². The van der Waals surface area contributed by atoms with Crippen LogP contribution in [-0.2, 0) is 11.3 Å². The van der Waals surface area contributed by atoms with E-state index in [1.807, 2.05) is 24.3 Å². The van der Waals surface area contributed by atoms with E-state index >= 15 is 0 Å². The second-order valence-electron chi connectivity index (χ2n) is 5.73. The Morgan fingerprint density at radius 3 is 2.80 bits per heavy atom. The van der Waals surface area contributed by atoms with Crippen LogP contribution in [0.5, 0.6) is 0 Å². The fourth-order valence-corrected chi connectivity index (χ4v) is 2.48. The third kappa shape index (κ3) is 5.41. The zero-order valence-corrected chi connectivity index (χ0v) is 12.8. The highest BCUT2D eigenvalue weighted by Gasteiger charge is 2.27. The molecule has 2 N–H and O–H groups in total. The lowest BCUT2D eigenvalue weighted by atomic mass is 10.1. The van der Waals surface area contributed by atoms with Crippen molar-refractivity contribution < 1.29 is 9.84 Å². The van der Waals surface area contributed by atoms with Crippen LogP contribution in [0.4, 0.5) is 0 Å². The number of halogens is 1. The fraction of sp³-hybridized carbons (Fsp3) is 0.625. The Balaban J connectivity index is 1.55. The van der Waals surface area contributed by atoms with E-state index in [4.69, 9.17) is 16.3 Å². The van der Waals surface area contributed by atoms with Gasteiger partial charge >= 0.3 is 0 Å². The summed E-state index contributed by atoms with van der Waals surface area (Å²) < 4.78 is 5.51. The number of nitrogens with one attached hydrogen (secondary N) is 1. The summed E-state index contributed by atoms with van der Waals surface area (Å²) in [4.78, 5) is 0. The van der Waals surface area contributed by atoms with Crippen LogP contribution in [-0.4, -0.2) is 30.9 Å². The van der Waals surface area contributed by atoms with Crippen molar-refractivity contribution >= 4 is 11.6 Å². The number of hydrogen-bond donors (Lipinski definition) is 2. The maximum atomic E-state index is 9.84. The molecule has 0 aromatic heterocycles. The summed E-state index contributed by atoms with van der Waals surface area (Å²) in [7, 11) is 0. The maximum Gasteiger partial charge on any atom is 0.0897 e. The second-order valence-corrected chi connectivity index (χ2v) is 6.14. The van der Waals surface area contributed by atoms with E-state index in [0.717, 1.165) is 18.0 Å². The van der Waals surface area contributed by atoms with Gasteiger partial charge in [0.2, 0.25) is 0 Å². The fourth-order valence-electron chi connectivity index (χ4n) is 2.29. The Bertz CT molecular complexity index is 409. The van der Waals surface area contributed by atoms with Crippen molar-refractivity contribution in [3.05, 3.63) is 34.9 Å². The molecule has 0 aliphatic heterocycles. The molecule has 1 saturated carbocycles. The predicted molar refractivity (Wildman–Crippen MR) is 81.9 cm³/mol. The third-order valence-corrected chi connectivity index (χ3v) is 4.17. The molecule has 0 amide bonds. The Hall–Kier alpha value is -0.610. The van der Waals surface area contributed by atoms with Crippen molar-refractivity contribution in [2.45, 2.75) is 32.5 Å². The molecule has 0 heterocycles. The number of ether oxygens (including phenoxy) is 1. The van der Waals surface area contributed by atoms with Gasteiger partial charge in [0.25, 0.3) is 0 Å². The van der Waals surface area contributed by atoms with Gasteiger partial charge < -0.3 is 15.2 Å². The van der Waals surface area contributed by atoms with E-state index in [2.05, 4.69) is 12.2 Å². The van der Waals surface area contributed by atoms with Crippen LogP contribution in [0.1, 0.15) is 25.3 Å². The van der Waals surface area contributed by atoms with Crippen molar-refractivity contribution in [1.29, 1.82) is 0 Å². The first kappa shape index (κ1) is 15.8. The normalized spacial score (nSPS) is 17.9. The van der Waals surface area contributed by atoms with Gasteiger partial charge in [0.15, 0.2) is 0 Å². The molecule has 0 spiro atoms. The first-order valence-corrected chi connectivity index (χ1v) is 7.74. The van der Waals surface area contributed by atoms with Gasteiger partial charge in [-0.05, 0) is 42.9 Å². The maximum absolute atomic E-state index is 9.84. The standard InChI is InChI=1S/C16H24ClNO2/c1-12(13-6-7-13)8-18-9-15(19)11-20-10-14-4-2-3-5-16(14)17/h2-5,12-13,15,18-19H,6-11H2,1H3. The van der Waals surface area contributed by atoms with E-state index in [1.165, 1.54) is 12.8 Å². The minimum atomic E-state index is -0.469. The lowest BCUT2D eigenvalue weighted by molar-refractivity contribution is 0.0285. The van der Waals surface area contributed by atoms with Gasteiger partial charge in [-0.25, -0.2) is 0 Å². The molecule has 1 aromatic rings. The van der Waals surface area contributed by atoms with Crippen LogP contribution in [0.3, 0.4) is 0 Å². The van der Waals surface area contributed by atoms with Crippen molar-refractivity contribution in [3.63, 3.8) is 0 Å². The van der Waals surface area contributed by atoms with Crippen LogP contribution in [0, 0.1) is 11.8 Å². The van der Waals surface area contributed by atoms with Crippen LogP contribution in [0.15, 0.2) is 24.3 Å². The summed E-state index contributed by atoms with van der Waals surface area (Å²) in [5.41, 5.74) is 0.955. The van der Waals surface area contributed by atoms with Crippen LogP contribution >= 0.6 is 11.6 Å². The van der Waals surface area contributed by atoms with Crippen LogP contribution in [0.25, 0.3) is 0 Å². The zero-order chi connectivity index (χ0) is 14.4. The Kier molecular flexibility index (Phi) is 6.30. The quantitative estimate of drug-likeness (QED) is 0.736. The van der Waals surface area contributed by atoms with Crippen LogP contribution in [0.2, 0.25) is 5.02 Å². The van der Waals surface area contributed by atoms with E-state index < -0.39 is 6.10 Å². The number of aliphatic hydroxyl groups is 1. The molecule has 2 atom stereocenters. The summed E-state index contributed by atoms with van der Waals surface area (Å²) in [6, 6.07) is 7.61. The summed E-state index contributed by atoms with van der Waals surface area (Å²) >= 11 is 6.04. The van der Waals surface area contributed by atoms with Crippen LogP contribution < -0.4 is 5.32 Å². The highest BCUT2D eigenvalue weighted by molar-refractivity contribution is 6.31. The van der Waals surface area contributed by atoms with Crippen molar-refractivity contribution in [2.75, 3.05) is 19.7 Å².